The van der Waals surface area contributed by atoms with Gasteiger partial charge in [-0.1, -0.05) is 6.07 Å². The van der Waals surface area contributed by atoms with Crippen molar-refractivity contribution >= 4 is 21.4 Å². The minimum absolute atomic E-state index is 0.231. The summed E-state index contributed by atoms with van der Waals surface area (Å²) in [5, 5.41) is 5.30. The fourth-order valence-corrected chi connectivity index (χ4v) is 3.72. The highest BCUT2D eigenvalue weighted by atomic mass is 32.2. The molecule has 1 saturated carbocycles. The summed E-state index contributed by atoms with van der Waals surface area (Å²) in [5.74, 6) is 0.231. The Kier molecular flexibility index (Phi) is 4.77. The molecule has 4 nitrogen and oxygen atoms in total. The van der Waals surface area contributed by atoms with Crippen LogP contribution in [0, 0.1) is 0 Å². The lowest BCUT2D eigenvalue weighted by Crippen LogP contribution is -2.30. The van der Waals surface area contributed by atoms with E-state index in [4.69, 9.17) is 0 Å². The second kappa shape index (κ2) is 6.14. The first-order chi connectivity index (χ1) is 8.58. The molecule has 1 fully saturated rings. The van der Waals surface area contributed by atoms with E-state index < -0.39 is 10.0 Å². The Bertz CT molecular complexity index is 452. The second-order valence-corrected chi connectivity index (χ2v) is 7.96. The molecule has 1 heterocycles. The summed E-state index contributed by atoms with van der Waals surface area (Å²) in [7, 11) is -1.46. The van der Waals surface area contributed by atoms with Crippen LogP contribution in [0.5, 0.6) is 0 Å². The minimum atomic E-state index is -3.11. The number of sulfonamides is 1. The van der Waals surface area contributed by atoms with Crippen LogP contribution in [0.3, 0.4) is 0 Å². The third kappa shape index (κ3) is 4.35. The largest absolute Gasteiger partial charge is 0.314 e. The van der Waals surface area contributed by atoms with E-state index in [0.29, 0.717) is 19.0 Å². The second-order valence-electron chi connectivity index (χ2n) is 4.73. The molecule has 6 heteroatoms. The van der Waals surface area contributed by atoms with E-state index >= 15 is 0 Å². The summed E-state index contributed by atoms with van der Waals surface area (Å²) in [5.41, 5.74) is 0. The zero-order valence-electron chi connectivity index (χ0n) is 10.6. The van der Waals surface area contributed by atoms with Crippen molar-refractivity contribution in [3.63, 3.8) is 0 Å². The maximum absolute atomic E-state index is 12.0. The van der Waals surface area contributed by atoms with Crippen molar-refractivity contribution in [3.05, 3.63) is 22.4 Å². The first kappa shape index (κ1) is 14.0. The van der Waals surface area contributed by atoms with Gasteiger partial charge in [0.05, 0.1) is 5.75 Å². The third-order valence-corrected chi connectivity index (χ3v) is 5.77. The minimum Gasteiger partial charge on any atom is -0.314 e. The maximum atomic E-state index is 12.0. The molecule has 0 aliphatic heterocycles. The number of nitrogens with one attached hydrogen (secondary N) is 1. The Morgan fingerprint density at radius 2 is 2.28 bits per heavy atom. The number of rotatable bonds is 8. The molecule has 1 aliphatic carbocycles. The SMILES string of the molecule is CN(Cc1cccs1)S(=O)(=O)CCCNC1CC1. The molecule has 0 aromatic carbocycles. The summed E-state index contributed by atoms with van der Waals surface area (Å²) >= 11 is 1.59. The molecule has 1 aromatic heterocycles. The van der Waals surface area contributed by atoms with Crippen LogP contribution in [0.15, 0.2) is 17.5 Å². The van der Waals surface area contributed by atoms with E-state index in [1.54, 1.807) is 18.4 Å². The first-order valence-electron chi connectivity index (χ1n) is 6.28. The lowest BCUT2D eigenvalue weighted by atomic mass is 10.5. The van der Waals surface area contributed by atoms with Gasteiger partial charge in [-0.3, -0.25) is 0 Å². The van der Waals surface area contributed by atoms with Crippen LogP contribution >= 0.6 is 11.3 Å². The lowest BCUT2D eigenvalue weighted by molar-refractivity contribution is 0.467. The molecule has 1 N–H and O–H groups in total. The standard InChI is InChI=1S/C12H20N2O2S2/c1-14(10-12-4-2-8-17-12)18(15,16)9-3-7-13-11-5-6-11/h2,4,8,11,13H,3,5-7,9-10H2,1H3. The van der Waals surface area contributed by atoms with Crippen molar-refractivity contribution in [3.8, 4) is 0 Å². The molecule has 0 spiro atoms. The highest BCUT2D eigenvalue weighted by Crippen LogP contribution is 2.18. The first-order valence-corrected chi connectivity index (χ1v) is 8.76. The quantitative estimate of drug-likeness (QED) is 0.740. The van der Waals surface area contributed by atoms with Crippen LogP contribution in [0.4, 0.5) is 0 Å². The van der Waals surface area contributed by atoms with Crippen LogP contribution in [-0.4, -0.2) is 38.1 Å². The van der Waals surface area contributed by atoms with Gasteiger partial charge in [0, 0.05) is 24.5 Å². The van der Waals surface area contributed by atoms with Crippen molar-refractivity contribution < 1.29 is 8.42 Å². The monoisotopic (exact) mass is 288 g/mol. The molecular weight excluding hydrogens is 268 g/mol. The molecule has 0 radical (unpaired) electrons. The Morgan fingerprint density at radius 1 is 1.50 bits per heavy atom. The Hall–Kier alpha value is -0.430. The van der Waals surface area contributed by atoms with Crippen molar-refractivity contribution in [1.29, 1.82) is 0 Å². The van der Waals surface area contributed by atoms with Crippen LogP contribution in [0.25, 0.3) is 0 Å². The Morgan fingerprint density at radius 3 is 2.89 bits per heavy atom. The van der Waals surface area contributed by atoms with E-state index in [0.717, 1.165) is 11.4 Å². The van der Waals surface area contributed by atoms with Gasteiger partial charge < -0.3 is 5.32 Å². The van der Waals surface area contributed by atoms with E-state index in [1.165, 1.54) is 17.1 Å². The molecule has 2 rings (SSSR count). The molecule has 18 heavy (non-hydrogen) atoms. The van der Waals surface area contributed by atoms with Gasteiger partial charge in [0.1, 0.15) is 0 Å². The highest BCUT2D eigenvalue weighted by Gasteiger charge is 2.21. The summed E-state index contributed by atoms with van der Waals surface area (Å²) < 4.78 is 25.5. The van der Waals surface area contributed by atoms with Crippen molar-refractivity contribution in [2.75, 3.05) is 19.3 Å². The van der Waals surface area contributed by atoms with E-state index in [1.807, 2.05) is 17.5 Å². The average molecular weight is 288 g/mol. The molecule has 1 aliphatic rings. The Labute approximate surface area is 113 Å². The normalized spacial score (nSPS) is 16.3. The summed E-state index contributed by atoms with van der Waals surface area (Å²) in [6, 6.07) is 4.56. The lowest BCUT2D eigenvalue weighted by Gasteiger charge is -2.16. The summed E-state index contributed by atoms with van der Waals surface area (Å²) in [4.78, 5) is 1.08. The van der Waals surface area contributed by atoms with Gasteiger partial charge in [-0.15, -0.1) is 11.3 Å². The molecular formula is C12H20N2O2S2. The van der Waals surface area contributed by atoms with Gasteiger partial charge in [-0.05, 0) is 37.3 Å². The van der Waals surface area contributed by atoms with Crippen LogP contribution in [-0.2, 0) is 16.6 Å². The smallest absolute Gasteiger partial charge is 0.214 e. The van der Waals surface area contributed by atoms with Crippen LogP contribution in [0.1, 0.15) is 24.1 Å². The highest BCUT2D eigenvalue weighted by molar-refractivity contribution is 7.89. The zero-order chi connectivity index (χ0) is 13.0. The van der Waals surface area contributed by atoms with Crippen molar-refractivity contribution in [2.45, 2.75) is 31.8 Å². The van der Waals surface area contributed by atoms with E-state index in [9.17, 15) is 8.42 Å². The Balaban J connectivity index is 1.73. The molecule has 0 bridgehead atoms. The predicted octanol–water partition coefficient (Wildman–Crippen LogP) is 1.65. The predicted molar refractivity (Wildman–Crippen MR) is 75.2 cm³/mol. The molecule has 0 atom stereocenters. The van der Waals surface area contributed by atoms with Gasteiger partial charge in [0.25, 0.3) is 0 Å². The topological polar surface area (TPSA) is 49.4 Å². The van der Waals surface area contributed by atoms with Crippen LogP contribution < -0.4 is 5.32 Å². The fourth-order valence-electron chi connectivity index (χ4n) is 1.72. The molecule has 102 valence electrons. The van der Waals surface area contributed by atoms with E-state index in [2.05, 4.69) is 5.32 Å². The van der Waals surface area contributed by atoms with E-state index in [-0.39, 0.29) is 5.75 Å². The average Bonchev–Trinajstić information content (AvgIpc) is 3.01. The number of hydrogen-bond donors (Lipinski definition) is 1. The number of hydrogen-bond acceptors (Lipinski definition) is 4. The molecule has 0 unspecified atom stereocenters. The number of nitrogens with zero attached hydrogens (tertiary/aromatic N) is 1. The zero-order valence-corrected chi connectivity index (χ0v) is 12.3. The van der Waals surface area contributed by atoms with Gasteiger partial charge in [-0.2, -0.15) is 4.31 Å². The van der Waals surface area contributed by atoms with Gasteiger partial charge >= 0.3 is 0 Å². The molecule has 0 amide bonds. The van der Waals surface area contributed by atoms with Crippen LogP contribution in [0.2, 0.25) is 0 Å². The fraction of sp³-hybridized carbons (Fsp3) is 0.667. The van der Waals surface area contributed by atoms with Gasteiger partial charge in [0.2, 0.25) is 10.0 Å². The summed E-state index contributed by atoms with van der Waals surface area (Å²) in [6.07, 6.45) is 3.17. The van der Waals surface area contributed by atoms with Crippen molar-refractivity contribution in [2.24, 2.45) is 0 Å². The number of thiophene rings is 1. The molecule has 0 saturated heterocycles. The van der Waals surface area contributed by atoms with Crippen molar-refractivity contribution in [1.82, 2.24) is 9.62 Å². The third-order valence-electron chi connectivity index (χ3n) is 3.02. The van der Waals surface area contributed by atoms with Gasteiger partial charge in [0.15, 0.2) is 0 Å². The van der Waals surface area contributed by atoms with Gasteiger partial charge in [-0.25, -0.2) is 8.42 Å². The summed E-state index contributed by atoms with van der Waals surface area (Å²) in [6.45, 7) is 1.28. The maximum Gasteiger partial charge on any atom is 0.214 e. The molecule has 1 aromatic rings.